The number of nitrogens with two attached hydrogens (primary N) is 1. The number of nitrogens with zero attached hydrogens (tertiary/aromatic N) is 6. The number of hydrogen-bond acceptors (Lipinski definition) is 10. The van der Waals surface area contributed by atoms with Gasteiger partial charge >= 0.3 is 12.2 Å². The van der Waals surface area contributed by atoms with Gasteiger partial charge in [-0.3, -0.25) is 4.90 Å². The van der Waals surface area contributed by atoms with E-state index in [-0.39, 0.29) is 61.0 Å². The molecule has 5 aliphatic rings. The molecule has 1 spiro atoms. The van der Waals surface area contributed by atoms with Crippen LogP contribution >= 0.6 is 11.6 Å². The lowest BCUT2D eigenvalue weighted by Gasteiger charge is -2.49. The Kier molecular flexibility index (Phi) is 7.58. The summed E-state index contributed by atoms with van der Waals surface area (Å²) in [7, 11) is 2.04. The first-order chi connectivity index (χ1) is 22.9. The van der Waals surface area contributed by atoms with E-state index in [4.69, 9.17) is 36.5 Å². The Morgan fingerprint density at radius 3 is 2.65 bits per heavy atom. The third-order valence-corrected chi connectivity index (χ3v) is 11.0. The van der Waals surface area contributed by atoms with Crippen molar-refractivity contribution in [2.45, 2.75) is 61.6 Å². The normalized spacial score (nSPS) is 26.9. The van der Waals surface area contributed by atoms with Crippen LogP contribution in [-0.4, -0.2) is 108 Å². The lowest BCUT2D eigenvalue weighted by molar-refractivity contribution is -0.137. The molecule has 5 aliphatic heterocycles. The number of pyridine rings is 1. The first-order valence-electron chi connectivity index (χ1n) is 16.2. The maximum Gasteiger partial charge on any atom is 0.418 e. The van der Waals surface area contributed by atoms with Gasteiger partial charge in [0.1, 0.15) is 47.3 Å². The fourth-order valence-corrected chi connectivity index (χ4v) is 8.51. The number of likely N-dealkylation sites (N-methyl/N-ethyl adjacent to an activating group) is 1. The van der Waals surface area contributed by atoms with Crippen molar-refractivity contribution in [3.8, 4) is 23.1 Å². The van der Waals surface area contributed by atoms with Crippen molar-refractivity contribution in [1.29, 1.82) is 0 Å². The predicted octanol–water partition coefficient (Wildman–Crippen LogP) is 5.10. The second-order valence-corrected chi connectivity index (χ2v) is 14.2. The minimum absolute atomic E-state index is 0.0585. The average Bonchev–Trinajstić information content (AvgIpc) is 3.64. The van der Waals surface area contributed by atoms with Crippen molar-refractivity contribution >= 4 is 34.0 Å². The summed E-state index contributed by atoms with van der Waals surface area (Å²) in [6.07, 6.45) is -2.09. The number of aromatic nitrogens is 3. The number of anilines is 2. The van der Waals surface area contributed by atoms with Crippen LogP contribution in [-0.2, 0) is 10.9 Å². The molecule has 3 atom stereocenters. The summed E-state index contributed by atoms with van der Waals surface area (Å²) in [6, 6.07) is 1.91. The molecule has 0 amide bonds. The van der Waals surface area contributed by atoms with Crippen molar-refractivity contribution in [1.82, 2.24) is 24.8 Å². The Morgan fingerprint density at radius 1 is 1.12 bits per heavy atom. The van der Waals surface area contributed by atoms with E-state index in [1.54, 1.807) is 0 Å². The first-order valence-corrected chi connectivity index (χ1v) is 16.5. The van der Waals surface area contributed by atoms with Gasteiger partial charge in [0.15, 0.2) is 5.82 Å². The summed E-state index contributed by atoms with van der Waals surface area (Å²) in [5, 5.41) is -0.583. The number of fused-ring (bicyclic) bond motifs is 1. The number of benzene rings is 1. The third-order valence-electron chi connectivity index (χ3n) is 10.7. The van der Waals surface area contributed by atoms with Crippen LogP contribution < -0.4 is 20.1 Å². The van der Waals surface area contributed by atoms with E-state index >= 15 is 4.39 Å². The fourth-order valence-electron chi connectivity index (χ4n) is 8.18. The highest BCUT2D eigenvalue weighted by atomic mass is 35.5. The van der Waals surface area contributed by atoms with E-state index in [1.165, 1.54) is 0 Å². The van der Waals surface area contributed by atoms with E-state index in [2.05, 4.69) is 19.8 Å². The SMILES string of the molecule is CN1CCCC1CN1c2nc(OC[C@@]34CCCN3C[C@H](F)C4)nc3c(F)c(-c4cc(N)cc(Cl)c4C(F)(F)F)nc(c23)OCC12COC2. The van der Waals surface area contributed by atoms with Gasteiger partial charge in [-0.05, 0) is 58.0 Å². The van der Waals surface area contributed by atoms with E-state index in [0.29, 0.717) is 25.3 Å². The molecule has 48 heavy (non-hydrogen) atoms. The molecule has 4 fully saturated rings. The van der Waals surface area contributed by atoms with Crippen molar-refractivity contribution in [2.24, 2.45) is 0 Å². The van der Waals surface area contributed by atoms with Gasteiger partial charge in [-0.25, -0.2) is 13.8 Å². The number of rotatable bonds is 6. The average molecular weight is 696 g/mol. The molecule has 0 aliphatic carbocycles. The van der Waals surface area contributed by atoms with E-state index in [9.17, 15) is 17.6 Å². The largest absolute Gasteiger partial charge is 0.474 e. The van der Waals surface area contributed by atoms with Crippen LogP contribution in [0.5, 0.6) is 11.9 Å². The zero-order valence-corrected chi connectivity index (χ0v) is 27.0. The van der Waals surface area contributed by atoms with Crippen molar-refractivity contribution in [3.05, 3.63) is 28.5 Å². The molecule has 1 aromatic carbocycles. The number of likely N-dealkylation sites (tertiary alicyclic amines) is 1. The van der Waals surface area contributed by atoms with Crippen LogP contribution in [0.25, 0.3) is 22.2 Å². The summed E-state index contributed by atoms with van der Waals surface area (Å²) < 4.78 is 92.7. The topological polar surface area (TPSA) is 102 Å². The van der Waals surface area contributed by atoms with Crippen LogP contribution in [0.2, 0.25) is 5.02 Å². The number of nitrogen functional groups attached to an aromatic ring is 1. The van der Waals surface area contributed by atoms with Crippen molar-refractivity contribution < 1.29 is 36.2 Å². The van der Waals surface area contributed by atoms with Gasteiger partial charge in [0.2, 0.25) is 5.88 Å². The Bertz CT molecular complexity index is 1780. The zero-order valence-electron chi connectivity index (χ0n) is 26.3. The lowest BCUT2D eigenvalue weighted by atomic mass is 9.94. The Balaban J connectivity index is 1.32. The smallest absolute Gasteiger partial charge is 0.418 e. The van der Waals surface area contributed by atoms with Gasteiger partial charge in [-0.15, -0.1) is 0 Å². The monoisotopic (exact) mass is 695 g/mol. The Labute approximate surface area is 278 Å². The maximum atomic E-state index is 16.9. The van der Waals surface area contributed by atoms with Gasteiger partial charge in [0.05, 0.1) is 29.3 Å². The van der Waals surface area contributed by atoms with Gasteiger partial charge < -0.3 is 29.7 Å². The van der Waals surface area contributed by atoms with Crippen LogP contribution in [0.4, 0.5) is 33.5 Å². The molecular weight excluding hydrogens is 661 g/mol. The van der Waals surface area contributed by atoms with Gasteiger partial charge in [0, 0.05) is 36.8 Å². The van der Waals surface area contributed by atoms with Crippen molar-refractivity contribution in [3.63, 3.8) is 0 Å². The molecule has 1 unspecified atom stereocenters. The number of ether oxygens (including phenoxy) is 3. The molecule has 0 radical (unpaired) electrons. The number of halogens is 6. The quantitative estimate of drug-likeness (QED) is 0.277. The Morgan fingerprint density at radius 2 is 1.94 bits per heavy atom. The number of hydrogen-bond donors (Lipinski definition) is 1. The Hall–Kier alpha value is -3.27. The molecule has 0 saturated carbocycles. The molecule has 3 aromatic rings. The molecule has 0 bridgehead atoms. The summed E-state index contributed by atoms with van der Waals surface area (Å²) >= 11 is 6.05. The highest BCUT2D eigenvalue weighted by molar-refractivity contribution is 6.32. The minimum Gasteiger partial charge on any atom is -0.474 e. The summed E-state index contributed by atoms with van der Waals surface area (Å²) in [5.41, 5.74) is 1.63. The molecule has 10 nitrogen and oxygen atoms in total. The van der Waals surface area contributed by atoms with Gasteiger partial charge in [-0.1, -0.05) is 11.6 Å². The molecule has 4 saturated heterocycles. The summed E-state index contributed by atoms with van der Waals surface area (Å²) in [5.74, 6) is -0.969. The second-order valence-electron chi connectivity index (χ2n) is 13.8. The lowest BCUT2D eigenvalue weighted by Crippen LogP contribution is -2.67. The highest BCUT2D eigenvalue weighted by Crippen LogP contribution is 2.48. The molecule has 2 aromatic heterocycles. The maximum absolute atomic E-state index is 16.9. The molecular formula is C32H35ClF5N7O3. The van der Waals surface area contributed by atoms with E-state index in [1.807, 2.05) is 11.9 Å². The summed E-state index contributed by atoms with van der Waals surface area (Å²) in [4.78, 5) is 20.0. The molecule has 8 rings (SSSR count). The predicted molar refractivity (Wildman–Crippen MR) is 168 cm³/mol. The van der Waals surface area contributed by atoms with Gasteiger partial charge in [0.25, 0.3) is 0 Å². The molecule has 7 heterocycles. The molecule has 16 heteroatoms. The van der Waals surface area contributed by atoms with Crippen LogP contribution in [0, 0.1) is 5.82 Å². The third kappa shape index (κ3) is 5.11. The van der Waals surface area contributed by atoms with E-state index < -0.39 is 51.1 Å². The minimum atomic E-state index is -4.96. The molecule has 258 valence electrons. The van der Waals surface area contributed by atoms with E-state index in [0.717, 1.165) is 50.9 Å². The fraction of sp³-hybridized carbons (Fsp3) is 0.594. The number of alkyl halides is 4. The van der Waals surface area contributed by atoms with Crippen LogP contribution in [0.15, 0.2) is 12.1 Å². The summed E-state index contributed by atoms with van der Waals surface area (Å²) in [6.45, 7) is 3.18. The second kappa shape index (κ2) is 11.4. The standard InChI is InChI=1S/C32H35ClF5N7O3/c1-43-6-2-4-19(43)12-45-27-22-26(41-29(42-27)48-15-30-5-3-7-44(30)11-17(34)10-30)24(35)25(40-28(22)47-16-31(45)13-46-14-31)20-8-18(39)9-21(33)23(20)32(36,37)38/h8-9,17,19H,2-7,10-16,39H2,1H3/t17-,19?,30+/m1/s1. The first kappa shape index (κ1) is 32.0. The van der Waals surface area contributed by atoms with Crippen LogP contribution in [0.1, 0.15) is 37.7 Å². The van der Waals surface area contributed by atoms with Gasteiger partial charge in [-0.2, -0.15) is 23.1 Å². The highest BCUT2D eigenvalue weighted by Gasteiger charge is 2.52. The molecule has 2 N–H and O–H groups in total. The van der Waals surface area contributed by atoms with Crippen molar-refractivity contribution in [2.75, 3.05) is 70.3 Å². The zero-order chi connectivity index (χ0) is 33.6. The van der Waals surface area contributed by atoms with Crippen LogP contribution in [0.3, 0.4) is 0 Å².